The summed E-state index contributed by atoms with van der Waals surface area (Å²) in [6.07, 6.45) is 2.80. The lowest BCUT2D eigenvalue weighted by Gasteiger charge is -2.11. The van der Waals surface area contributed by atoms with Gasteiger partial charge in [0, 0.05) is 42.4 Å². The van der Waals surface area contributed by atoms with Crippen LogP contribution < -0.4 is 15.4 Å². The van der Waals surface area contributed by atoms with Crippen molar-refractivity contribution in [3.63, 3.8) is 0 Å². The Kier molecular flexibility index (Phi) is 17.7. The van der Waals surface area contributed by atoms with Gasteiger partial charge in [-0.05, 0) is 59.7 Å². The van der Waals surface area contributed by atoms with Gasteiger partial charge >= 0.3 is 0 Å². The highest BCUT2D eigenvalue weighted by Crippen LogP contribution is 2.22. The molecular weight excluding hydrogens is 550 g/mol. The maximum atomic E-state index is 12.4. The Morgan fingerprint density at radius 1 is 0.902 bits per heavy atom. The summed E-state index contributed by atoms with van der Waals surface area (Å²) in [5.41, 5.74) is 11.9. The number of hydrogen-bond donors (Lipinski definition) is 2. The topological polar surface area (TPSA) is 144 Å². The predicted molar refractivity (Wildman–Crippen MR) is 157 cm³/mol. The highest BCUT2D eigenvalue weighted by atomic mass is 35.5. The van der Waals surface area contributed by atoms with Crippen LogP contribution in [0.5, 0.6) is 5.75 Å². The van der Waals surface area contributed by atoms with Crippen molar-refractivity contribution in [2.75, 3.05) is 65.7 Å². The minimum atomic E-state index is -0.183. The van der Waals surface area contributed by atoms with Crippen LogP contribution in [0.2, 0.25) is 0 Å². The average Bonchev–Trinajstić information content (AvgIpc) is 3.00. The van der Waals surface area contributed by atoms with Gasteiger partial charge in [-0.1, -0.05) is 29.4 Å². The predicted octanol–water partition coefficient (Wildman–Crippen LogP) is 4.21. The van der Waals surface area contributed by atoms with Crippen LogP contribution in [0.4, 0.5) is 0 Å². The summed E-state index contributed by atoms with van der Waals surface area (Å²) in [5.74, 6) is 1.18. The lowest BCUT2D eigenvalue weighted by molar-refractivity contribution is -0.122. The van der Waals surface area contributed by atoms with E-state index in [0.29, 0.717) is 64.0 Å². The summed E-state index contributed by atoms with van der Waals surface area (Å²) in [7, 11) is 1.67. The summed E-state index contributed by atoms with van der Waals surface area (Å²) < 4.78 is 21.8. The molecular formula is C29H40ClN5O6. The van der Waals surface area contributed by atoms with E-state index in [4.69, 9.17) is 36.1 Å². The van der Waals surface area contributed by atoms with E-state index in [9.17, 15) is 9.59 Å². The number of alkyl halides is 1. The number of rotatable bonds is 22. The maximum Gasteiger partial charge on any atom is 0.251 e. The molecule has 0 bridgehead atoms. The van der Waals surface area contributed by atoms with Crippen LogP contribution in [-0.2, 0) is 38.4 Å². The van der Waals surface area contributed by atoms with Crippen molar-refractivity contribution in [2.24, 2.45) is 5.11 Å². The molecule has 11 nitrogen and oxygen atoms in total. The third-order valence-corrected chi connectivity index (χ3v) is 6.22. The maximum absolute atomic E-state index is 12.4. The van der Waals surface area contributed by atoms with Crippen molar-refractivity contribution in [3.05, 3.63) is 75.2 Å². The fourth-order valence-corrected chi connectivity index (χ4v) is 3.88. The first kappa shape index (κ1) is 33.9. The van der Waals surface area contributed by atoms with Crippen molar-refractivity contribution >= 4 is 23.4 Å². The molecule has 0 aliphatic heterocycles. The van der Waals surface area contributed by atoms with Gasteiger partial charge in [-0.2, -0.15) is 0 Å². The standard InChI is InChI=1S/C29H40ClN5O6/c1-38-27-21-23(3-2-12-30)4-7-25(27)10-15-39-17-13-32-29(37)26-8-5-24(6-9-26)22-33-28(36)11-16-40-19-20-41-18-14-34-35-31/h4-9,21H,2-3,10-20,22H2,1H3,(H,32,37)(H,33,36). The van der Waals surface area contributed by atoms with Crippen LogP contribution in [0.15, 0.2) is 47.6 Å². The molecule has 0 atom stereocenters. The molecule has 0 saturated carbocycles. The first-order chi connectivity index (χ1) is 20.1. The van der Waals surface area contributed by atoms with Crippen LogP contribution in [-0.4, -0.2) is 77.5 Å². The summed E-state index contributed by atoms with van der Waals surface area (Å²) >= 11 is 5.78. The van der Waals surface area contributed by atoms with Gasteiger partial charge < -0.3 is 29.6 Å². The molecule has 0 aliphatic carbocycles. The molecule has 0 heterocycles. The summed E-state index contributed by atoms with van der Waals surface area (Å²) in [6.45, 7) is 3.32. The molecule has 0 aliphatic rings. The Labute approximate surface area is 246 Å². The highest BCUT2D eigenvalue weighted by Gasteiger charge is 2.08. The number of nitrogens with one attached hydrogen (secondary N) is 2. The number of hydrogen-bond acceptors (Lipinski definition) is 7. The zero-order valence-electron chi connectivity index (χ0n) is 23.6. The van der Waals surface area contributed by atoms with Gasteiger partial charge in [-0.25, -0.2) is 0 Å². The van der Waals surface area contributed by atoms with Gasteiger partial charge in [0.25, 0.3) is 5.91 Å². The molecule has 0 saturated heterocycles. The van der Waals surface area contributed by atoms with Crippen molar-refractivity contribution < 1.29 is 28.5 Å². The molecule has 224 valence electrons. The van der Waals surface area contributed by atoms with E-state index in [0.717, 1.165) is 29.7 Å². The Morgan fingerprint density at radius 3 is 2.37 bits per heavy atom. The van der Waals surface area contributed by atoms with E-state index in [1.165, 1.54) is 5.56 Å². The molecule has 0 fully saturated rings. The van der Waals surface area contributed by atoms with Crippen LogP contribution in [0.1, 0.15) is 39.9 Å². The molecule has 2 aromatic rings. The number of benzene rings is 2. The Morgan fingerprint density at radius 2 is 1.63 bits per heavy atom. The second-order valence-corrected chi connectivity index (χ2v) is 9.34. The van der Waals surface area contributed by atoms with E-state index in [1.54, 1.807) is 19.2 Å². The summed E-state index contributed by atoms with van der Waals surface area (Å²) in [5, 5.41) is 9.05. The van der Waals surface area contributed by atoms with Gasteiger partial charge in [-0.3, -0.25) is 9.59 Å². The number of amides is 2. The molecule has 0 radical (unpaired) electrons. The quantitative estimate of drug-likeness (QED) is 0.0692. The van der Waals surface area contributed by atoms with E-state index in [2.05, 4.69) is 38.9 Å². The Hall–Kier alpha value is -3.34. The second-order valence-electron chi connectivity index (χ2n) is 8.96. The number of carbonyl (C=O) groups excluding carboxylic acids is 2. The van der Waals surface area contributed by atoms with Crippen LogP contribution in [0, 0.1) is 0 Å². The second kappa shape index (κ2) is 21.4. The van der Waals surface area contributed by atoms with Crippen LogP contribution in [0.3, 0.4) is 0 Å². The minimum Gasteiger partial charge on any atom is -0.496 e. The molecule has 12 heteroatoms. The molecule has 2 amide bonds. The zero-order valence-corrected chi connectivity index (χ0v) is 24.4. The molecule has 0 spiro atoms. The summed E-state index contributed by atoms with van der Waals surface area (Å²) in [6, 6.07) is 13.3. The fourth-order valence-electron chi connectivity index (χ4n) is 3.74. The van der Waals surface area contributed by atoms with Crippen LogP contribution >= 0.6 is 11.6 Å². The molecule has 2 aromatic carbocycles. The van der Waals surface area contributed by atoms with E-state index in [-0.39, 0.29) is 31.4 Å². The van der Waals surface area contributed by atoms with E-state index < -0.39 is 0 Å². The number of azide groups is 1. The number of nitrogens with zero attached hydrogens (tertiary/aromatic N) is 3. The largest absolute Gasteiger partial charge is 0.496 e. The van der Waals surface area contributed by atoms with Gasteiger partial charge in [0.1, 0.15) is 5.75 Å². The van der Waals surface area contributed by atoms with Gasteiger partial charge in [0.15, 0.2) is 0 Å². The highest BCUT2D eigenvalue weighted by molar-refractivity contribution is 6.17. The molecule has 0 aromatic heterocycles. The smallest absolute Gasteiger partial charge is 0.251 e. The van der Waals surface area contributed by atoms with E-state index >= 15 is 0 Å². The lowest BCUT2D eigenvalue weighted by atomic mass is 10.0. The normalized spacial score (nSPS) is 10.6. The van der Waals surface area contributed by atoms with Crippen molar-refractivity contribution in [1.82, 2.24) is 10.6 Å². The van der Waals surface area contributed by atoms with Gasteiger partial charge in [0.2, 0.25) is 5.91 Å². The SMILES string of the molecule is COc1cc(CCCCl)ccc1CCOCCNC(=O)c1ccc(CNC(=O)CCOCCOCCN=[N+]=[N-])cc1. The fraction of sp³-hybridized carbons (Fsp3) is 0.517. The van der Waals surface area contributed by atoms with Gasteiger partial charge in [-0.15, -0.1) is 11.6 Å². The van der Waals surface area contributed by atoms with Crippen molar-refractivity contribution in [1.29, 1.82) is 0 Å². The average molecular weight is 590 g/mol. The van der Waals surface area contributed by atoms with E-state index in [1.807, 2.05) is 12.1 Å². The lowest BCUT2D eigenvalue weighted by Crippen LogP contribution is -2.27. The Bertz CT molecular complexity index is 1100. The third-order valence-electron chi connectivity index (χ3n) is 5.95. The number of aryl methyl sites for hydroxylation is 1. The third kappa shape index (κ3) is 14.7. The monoisotopic (exact) mass is 589 g/mol. The molecule has 41 heavy (non-hydrogen) atoms. The molecule has 0 unspecified atom stereocenters. The van der Waals surface area contributed by atoms with Crippen molar-refractivity contribution in [2.45, 2.75) is 32.2 Å². The van der Waals surface area contributed by atoms with Crippen molar-refractivity contribution in [3.8, 4) is 5.75 Å². The van der Waals surface area contributed by atoms with Crippen LogP contribution in [0.25, 0.3) is 10.4 Å². The first-order valence-corrected chi connectivity index (χ1v) is 14.2. The number of carbonyl (C=O) groups is 2. The number of halogens is 1. The Balaban J connectivity index is 1.56. The molecule has 2 N–H and O–H groups in total. The minimum absolute atomic E-state index is 0.131. The summed E-state index contributed by atoms with van der Waals surface area (Å²) in [4.78, 5) is 27.1. The first-order valence-electron chi connectivity index (χ1n) is 13.7. The molecule has 2 rings (SSSR count). The number of methoxy groups -OCH3 is 1. The van der Waals surface area contributed by atoms with Gasteiger partial charge in [0.05, 0.1) is 46.8 Å². The number of ether oxygens (including phenoxy) is 4. The zero-order chi connectivity index (χ0) is 29.5.